The lowest BCUT2D eigenvalue weighted by molar-refractivity contribution is -0.147. The smallest absolute Gasteiger partial charge is 0.293 e. The average molecular weight is 516 g/mol. The number of carbonyl (C=O) groups is 2. The number of likely N-dealkylation sites (tertiary alicyclic amines) is 1. The molecule has 2 aromatic rings. The Bertz CT molecular complexity index is 1110. The number of piperidine rings is 1. The quantitative estimate of drug-likeness (QED) is 0.553. The van der Waals surface area contributed by atoms with E-state index in [1.165, 1.54) is 17.6 Å². The maximum Gasteiger partial charge on any atom is 0.293 e. The molecule has 0 aromatic carbocycles. The second kappa shape index (κ2) is 9.58. The van der Waals surface area contributed by atoms with Gasteiger partial charge in [-0.05, 0) is 61.5 Å². The van der Waals surface area contributed by atoms with E-state index in [-0.39, 0.29) is 41.4 Å². The minimum atomic E-state index is -0.673. The van der Waals surface area contributed by atoms with Crippen molar-refractivity contribution in [3.63, 3.8) is 0 Å². The summed E-state index contributed by atoms with van der Waals surface area (Å²) in [4.78, 5) is 34.1. The summed E-state index contributed by atoms with van der Waals surface area (Å²) >= 11 is 1.42. The summed E-state index contributed by atoms with van der Waals surface area (Å²) in [5.41, 5.74) is -0.101. The predicted molar refractivity (Wildman–Crippen MR) is 137 cm³/mol. The molecule has 36 heavy (non-hydrogen) atoms. The molecule has 1 aliphatic heterocycles. The molecular weight excluding hydrogens is 478 g/mol. The van der Waals surface area contributed by atoms with Crippen LogP contribution in [0.15, 0.2) is 22.8 Å². The number of nitrogens with zero attached hydrogens (tertiary/aromatic N) is 2. The van der Waals surface area contributed by atoms with Crippen molar-refractivity contribution in [2.75, 3.05) is 25.0 Å². The zero-order chi connectivity index (χ0) is 25.7. The van der Waals surface area contributed by atoms with Crippen molar-refractivity contribution in [1.82, 2.24) is 9.88 Å². The van der Waals surface area contributed by atoms with Crippen molar-refractivity contribution >= 4 is 28.3 Å². The largest absolute Gasteiger partial charge is 0.459 e. The van der Waals surface area contributed by atoms with Gasteiger partial charge in [-0.1, -0.05) is 20.8 Å². The van der Waals surface area contributed by atoms with Crippen molar-refractivity contribution in [2.24, 2.45) is 22.7 Å². The van der Waals surface area contributed by atoms with Crippen LogP contribution in [0.1, 0.15) is 79.9 Å². The van der Waals surface area contributed by atoms with E-state index in [0.29, 0.717) is 30.3 Å². The molecule has 3 heterocycles. The Labute approximate surface area is 216 Å². The highest BCUT2D eigenvalue weighted by Crippen LogP contribution is 2.63. The van der Waals surface area contributed by atoms with Crippen LogP contribution >= 0.6 is 11.3 Å². The number of aliphatic hydroxyl groups excluding tert-OH is 2. The van der Waals surface area contributed by atoms with Gasteiger partial charge in [0.2, 0.25) is 5.91 Å². The van der Waals surface area contributed by atoms with Gasteiger partial charge in [0.05, 0.1) is 24.7 Å². The van der Waals surface area contributed by atoms with Crippen molar-refractivity contribution in [3.05, 3.63) is 34.7 Å². The number of thiazole rings is 1. The van der Waals surface area contributed by atoms with Crippen LogP contribution in [-0.2, 0) is 11.2 Å². The zero-order valence-electron chi connectivity index (χ0n) is 21.3. The Morgan fingerprint density at radius 1 is 1.28 bits per heavy atom. The van der Waals surface area contributed by atoms with Crippen LogP contribution < -0.4 is 5.32 Å². The van der Waals surface area contributed by atoms with Gasteiger partial charge >= 0.3 is 0 Å². The first-order chi connectivity index (χ1) is 17.2. The number of nitrogens with one attached hydrogen (secondary N) is 1. The first-order valence-corrected chi connectivity index (χ1v) is 13.9. The van der Waals surface area contributed by atoms with E-state index >= 15 is 0 Å². The van der Waals surface area contributed by atoms with Gasteiger partial charge in [-0.25, -0.2) is 4.98 Å². The van der Waals surface area contributed by atoms with Crippen molar-refractivity contribution < 1.29 is 24.2 Å². The molecule has 5 rings (SSSR count). The number of rotatable bonds is 5. The molecule has 3 aliphatic rings. The minimum absolute atomic E-state index is 0.0143. The number of aromatic nitrogens is 1. The molecule has 9 heteroatoms. The van der Waals surface area contributed by atoms with Gasteiger partial charge in [-0.15, -0.1) is 11.3 Å². The van der Waals surface area contributed by atoms with Gasteiger partial charge < -0.3 is 19.5 Å². The zero-order valence-corrected chi connectivity index (χ0v) is 22.1. The van der Waals surface area contributed by atoms with Gasteiger partial charge in [0.25, 0.3) is 5.91 Å². The number of furan rings is 1. The third-order valence-electron chi connectivity index (χ3n) is 9.37. The molecular formula is C27H37N3O5S. The standard InChI is InChI=1S/C27H37N3O5S/c1-16-7-10-30(11-8-16)22(33)13-17-23-19(36-25(28-23)29-24(34)18-5-4-12-35-18)14-20-26(17,2)9-6-21(32)27(20,3)15-31/h4-5,12,16-17,20-21,31-32H,6-11,13-15H2,1-3H3,(H,28,29,34). The monoisotopic (exact) mass is 515 g/mol. The molecule has 2 amide bonds. The lowest BCUT2D eigenvalue weighted by atomic mass is 9.47. The SMILES string of the molecule is CC1CCN(C(=O)CC2c3nc(NC(=O)c4ccco4)sc3CC3C(C)(CO)C(O)CCC23C)CC1. The van der Waals surface area contributed by atoms with Crippen molar-refractivity contribution in [1.29, 1.82) is 0 Å². The first-order valence-electron chi connectivity index (χ1n) is 13.1. The number of fused-ring (bicyclic) bond motifs is 2. The lowest BCUT2D eigenvalue weighted by Gasteiger charge is -2.58. The van der Waals surface area contributed by atoms with E-state index in [4.69, 9.17) is 9.40 Å². The van der Waals surface area contributed by atoms with Crippen molar-refractivity contribution in [2.45, 2.75) is 71.3 Å². The van der Waals surface area contributed by atoms with E-state index in [9.17, 15) is 19.8 Å². The second-order valence-corrected chi connectivity index (χ2v) is 12.6. The van der Waals surface area contributed by atoms with E-state index in [1.54, 1.807) is 12.1 Å². The molecule has 1 saturated carbocycles. The Hall–Kier alpha value is -2.23. The molecule has 196 valence electrons. The molecule has 3 N–H and O–H groups in total. The van der Waals surface area contributed by atoms with Gasteiger partial charge in [0.1, 0.15) is 0 Å². The number of hydrogen-bond donors (Lipinski definition) is 3. The fourth-order valence-electron chi connectivity index (χ4n) is 6.83. The summed E-state index contributed by atoms with van der Waals surface area (Å²) < 4.78 is 5.22. The highest BCUT2D eigenvalue weighted by atomic mass is 32.1. The summed E-state index contributed by atoms with van der Waals surface area (Å²) in [6.45, 7) is 7.86. The maximum atomic E-state index is 13.6. The van der Waals surface area contributed by atoms with Crippen LogP contribution in [0.25, 0.3) is 0 Å². The Morgan fingerprint density at radius 2 is 2.03 bits per heavy atom. The molecule has 2 fully saturated rings. The van der Waals surface area contributed by atoms with Crippen LogP contribution in [0.3, 0.4) is 0 Å². The minimum Gasteiger partial charge on any atom is -0.459 e. The number of hydrogen-bond acceptors (Lipinski definition) is 7. The summed E-state index contributed by atoms with van der Waals surface area (Å²) in [6, 6.07) is 3.27. The normalized spacial score (nSPS) is 32.6. The predicted octanol–water partition coefficient (Wildman–Crippen LogP) is 4.05. The van der Waals surface area contributed by atoms with Crippen LogP contribution in [0.5, 0.6) is 0 Å². The van der Waals surface area contributed by atoms with Crippen LogP contribution in [0, 0.1) is 22.7 Å². The molecule has 0 bridgehead atoms. The third-order valence-corrected chi connectivity index (χ3v) is 10.4. The summed E-state index contributed by atoms with van der Waals surface area (Å²) in [6.07, 6.45) is 5.24. The lowest BCUT2D eigenvalue weighted by Crippen LogP contribution is -2.57. The topological polar surface area (TPSA) is 116 Å². The highest BCUT2D eigenvalue weighted by Gasteiger charge is 2.59. The number of anilines is 1. The fourth-order valence-corrected chi connectivity index (χ4v) is 7.89. The molecule has 0 radical (unpaired) electrons. The summed E-state index contributed by atoms with van der Waals surface area (Å²) in [5.74, 6) is 0.472. The molecule has 2 aromatic heterocycles. The number of aliphatic hydroxyl groups is 2. The summed E-state index contributed by atoms with van der Waals surface area (Å²) in [5, 5.41) is 24.7. The van der Waals surface area contributed by atoms with Gasteiger partial charge in [-0.3, -0.25) is 14.9 Å². The van der Waals surface area contributed by atoms with Gasteiger partial charge in [0, 0.05) is 35.7 Å². The van der Waals surface area contributed by atoms with E-state index in [1.807, 2.05) is 11.8 Å². The van der Waals surface area contributed by atoms with Gasteiger partial charge in [-0.2, -0.15) is 0 Å². The van der Waals surface area contributed by atoms with E-state index in [0.717, 1.165) is 42.9 Å². The van der Waals surface area contributed by atoms with Crippen LogP contribution in [-0.4, -0.2) is 57.7 Å². The van der Waals surface area contributed by atoms with Crippen molar-refractivity contribution in [3.8, 4) is 0 Å². The third kappa shape index (κ3) is 4.29. The Morgan fingerprint density at radius 3 is 2.69 bits per heavy atom. The van der Waals surface area contributed by atoms with E-state index in [2.05, 4.69) is 19.2 Å². The molecule has 5 unspecified atom stereocenters. The van der Waals surface area contributed by atoms with Crippen LogP contribution in [0.4, 0.5) is 5.13 Å². The van der Waals surface area contributed by atoms with Gasteiger partial charge in [0.15, 0.2) is 10.9 Å². The maximum absolute atomic E-state index is 13.6. The molecule has 1 saturated heterocycles. The molecule has 5 atom stereocenters. The van der Waals surface area contributed by atoms with Crippen LogP contribution in [0.2, 0.25) is 0 Å². The Balaban J connectivity index is 1.49. The highest BCUT2D eigenvalue weighted by molar-refractivity contribution is 7.15. The Kier molecular flexibility index (Phi) is 6.76. The first kappa shape index (κ1) is 25.4. The summed E-state index contributed by atoms with van der Waals surface area (Å²) in [7, 11) is 0. The molecule has 8 nitrogen and oxygen atoms in total. The molecule has 0 spiro atoms. The number of amides is 2. The molecule has 2 aliphatic carbocycles. The van der Waals surface area contributed by atoms with E-state index < -0.39 is 11.5 Å². The fraction of sp³-hybridized carbons (Fsp3) is 0.667. The average Bonchev–Trinajstić information content (AvgIpc) is 3.53. The second-order valence-electron chi connectivity index (χ2n) is 11.6. The number of carbonyl (C=O) groups excluding carboxylic acids is 2.